The largest absolute Gasteiger partial charge is 0.339 e. The van der Waals surface area contributed by atoms with Crippen LogP contribution in [0.1, 0.15) is 19.3 Å². The lowest BCUT2D eigenvalue weighted by molar-refractivity contribution is -0.128. The maximum atomic E-state index is 12.5. The molecule has 120 valence electrons. The van der Waals surface area contributed by atoms with E-state index >= 15 is 0 Å². The number of nitrogens with one attached hydrogen (secondary N) is 1. The van der Waals surface area contributed by atoms with Crippen molar-refractivity contribution in [1.82, 2.24) is 14.5 Å². The zero-order valence-electron chi connectivity index (χ0n) is 12.8. The van der Waals surface area contributed by atoms with Crippen molar-refractivity contribution in [3.05, 3.63) is 23.2 Å². The van der Waals surface area contributed by atoms with E-state index in [1.807, 2.05) is 22.6 Å². The number of amides is 2. The monoisotopic (exact) mass is 332 g/mol. The Bertz CT molecular complexity index is 812. The van der Waals surface area contributed by atoms with Crippen LogP contribution in [0, 0.1) is 5.92 Å². The number of hydrogen-bond acceptors (Lipinski definition) is 3. The average molecular weight is 333 g/mol. The maximum absolute atomic E-state index is 12.5. The molecule has 2 heterocycles. The number of fused-ring (bicyclic) bond motifs is 1. The van der Waals surface area contributed by atoms with Gasteiger partial charge >= 0.3 is 0 Å². The van der Waals surface area contributed by atoms with Crippen LogP contribution in [-0.2, 0) is 16.6 Å². The number of aromatic nitrogens is 2. The first kappa shape index (κ1) is 14.5. The van der Waals surface area contributed by atoms with Crippen LogP contribution in [0.4, 0.5) is 5.95 Å². The Labute approximate surface area is 138 Å². The number of halogens is 1. The van der Waals surface area contributed by atoms with Gasteiger partial charge in [0.25, 0.3) is 0 Å². The molecule has 6 nitrogen and oxygen atoms in total. The van der Waals surface area contributed by atoms with E-state index in [2.05, 4.69) is 10.3 Å². The summed E-state index contributed by atoms with van der Waals surface area (Å²) < 4.78 is 1.82. The lowest BCUT2D eigenvalue weighted by atomic mass is 10.1. The molecule has 0 bridgehead atoms. The van der Waals surface area contributed by atoms with E-state index in [1.54, 1.807) is 12.1 Å². The van der Waals surface area contributed by atoms with Gasteiger partial charge in [-0.25, -0.2) is 4.98 Å². The fraction of sp³-hybridized carbons (Fsp3) is 0.438. The molecule has 1 saturated heterocycles. The number of aryl methyl sites for hydroxylation is 1. The van der Waals surface area contributed by atoms with E-state index in [9.17, 15) is 9.59 Å². The van der Waals surface area contributed by atoms with E-state index in [4.69, 9.17) is 11.6 Å². The van der Waals surface area contributed by atoms with Gasteiger partial charge in [-0.05, 0) is 31.0 Å². The molecular weight excluding hydrogens is 316 g/mol. The molecule has 4 rings (SSSR count). The minimum Gasteiger partial charge on any atom is -0.339 e. The van der Waals surface area contributed by atoms with Crippen LogP contribution in [-0.4, -0.2) is 38.9 Å². The SMILES string of the molecule is Cn1c(NC(=O)C2CC(=O)N(C3CC3)C2)nc2cc(Cl)ccc21. The van der Waals surface area contributed by atoms with Crippen LogP contribution in [0.5, 0.6) is 0 Å². The molecule has 2 fully saturated rings. The van der Waals surface area contributed by atoms with Crippen molar-refractivity contribution in [2.45, 2.75) is 25.3 Å². The molecule has 7 heteroatoms. The van der Waals surface area contributed by atoms with Gasteiger partial charge < -0.3 is 9.47 Å². The quantitative estimate of drug-likeness (QED) is 0.936. The van der Waals surface area contributed by atoms with E-state index in [0.717, 1.165) is 23.9 Å². The Morgan fingerprint density at radius 1 is 1.39 bits per heavy atom. The number of nitrogens with zero attached hydrogens (tertiary/aromatic N) is 3. The molecule has 1 aromatic carbocycles. The second-order valence-corrected chi connectivity index (χ2v) is 6.73. The van der Waals surface area contributed by atoms with E-state index in [-0.39, 0.29) is 24.2 Å². The number of carbonyl (C=O) groups excluding carboxylic acids is 2. The molecule has 1 aliphatic carbocycles. The van der Waals surface area contributed by atoms with Crippen LogP contribution < -0.4 is 5.32 Å². The third-order valence-electron chi connectivity index (χ3n) is 4.59. The first-order chi connectivity index (χ1) is 11.0. The summed E-state index contributed by atoms with van der Waals surface area (Å²) in [5.74, 6) is 0.117. The zero-order chi connectivity index (χ0) is 16.1. The van der Waals surface area contributed by atoms with Gasteiger partial charge in [0.15, 0.2) is 0 Å². The molecule has 1 aromatic heterocycles. The van der Waals surface area contributed by atoms with Crippen molar-refractivity contribution in [1.29, 1.82) is 0 Å². The highest BCUT2D eigenvalue weighted by Gasteiger charge is 2.41. The van der Waals surface area contributed by atoms with Gasteiger partial charge in [-0.3, -0.25) is 14.9 Å². The topological polar surface area (TPSA) is 67.2 Å². The molecule has 0 radical (unpaired) electrons. The molecule has 1 aliphatic heterocycles. The second-order valence-electron chi connectivity index (χ2n) is 6.30. The third-order valence-corrected chi connectivity index (χ3v) is 4.83. The van der Waals surface area contributed by atoms with Gasteiger partial charge in [0, 0.05) is 31.1 Å². The Kier molecular flexibility index (Phi) is 3.30. The van der Waals surface area contributed by atoms with Gasteiger partial charge in [-0.1, -0.05) is 11.6 Å². The van der Waals surface area contributed by atoms with Gasteiger partial charge in [-0.2, -0.15) is 0 Å². The van der Waals surface area contributed by atoms with Crippen molar-refractivity contribution in [2.75, 3.05) is 11.9 Å². The van der Waals surface area contributed by atoms with Gasteiger partial charge in [0.05, 0.1) is 17.0 Å². The van der Waals surface area contributed by atoms with Crippen LogP contribution >= 0.6 is 11.6 Å². The lowest BCUT2D eigenvalue weighted by Crippen LogP contribution is -2.30. The standard InChI is InChI=1S/C16H17ClN4O2/c1-20-13-5-2-10(17)7-12(13)18-16(20)19-15(23)9-6-14(22)21(8-9)11-3-4-11/h2,5,7,9,11H,3-4,6,8H2,1H3,(H,18,19,23). The summed E-state index contributed by atoms with van der Waals surface area (Å²) in [4.78, 5) is 30.7. The average Bonchev–Trinajstić information content (AvgIpc) is 3.21. The Hall–Kier alpha value is -2.08. The predicted octanol–water partition coefficient (Wildman–Crippen LogP) is 2.18. The summed E-state index contributed by atoms with van der Waals surface area (Å²) in [6.45, 7) is 0.519. The molecule has 23 heavy (non-hydrogen) atoms. The second kappa shape index (κ2) is 5.23. The van der Waals surface area contributed by atoms with Crippen LogP contribution in [0.3, 0.4) is 0 Å². The first-order valence-electron chi connectivity index (χ1n) is 7.75. The normalized spacial score (nSPS) is 21.2. The first-order valence-corrected chi connectivity index (χ1v) is 8.13. The van der Waals surface area contributed by atoms with Crippen molar-refractivity contribution >= 4 is 40.4 Å². The number of rotatable bonds is 3. The van der Waals surface area contributed by atoms with Gasteiger partial charge in [0.2, 0.25) is 17.8 Å². The minimum absolute atomic E-state index is 0.0874. The molecule has 2 amide bonds. The Morgan fingerprint density at radius 2 is 2.17 bits per heavy atom. The number of likely N-dealkylation sites (tertiary alicyclic amines) is 1. The summed E-state index contributed by atoms with van der Waals surface area (Å²) >= 11 is 5.98. The van der Waals surface area contributed by atoms with Crippen LogP contribution in [0.2, 0.25) is 5.02 Å². The zero-order valence-corrected chi connectivity index (χ0v) is 13.5. The minimum atomic E-state index is -0.300. The van der Waals surface area contributed by atoms with Crippen LogP contribution in [0.25, 0.3) is 11.0 Å². The molecule has 1 atom stereocenters. The van der Waals surface area contributed by atoms with Crippen molar-refractivity contribution in [3.63, 3.8) is 0 Å². The molecule has 1 unspecified atom stereocenters. The third kappa shape index (κ3) is 2.57. The van der Waals surface area contributed by atoms with Gasteiger partial charge in [-0.15, -0.1) is 0 Å². The molecule has 2 aliphatic rings. The predicted molar refractivity (Wildman–Crippen MR) is 87.2 cm³/mol. The number of anilines is 1. The Morgan fingerprint density at radius 3 is 2.91 bits per heavy atom. The summed E-state index contributed by atoms with van der Waals surface area (Å²) in [6.07, 6.45) is 2.41. The highest BCUT2D eigenvalue weighted by atomic mass is 35.5. The lowest BCUT2D eigenvalue weighted by Gasteiger charge is -2.15. The van der Waals surface area contributed by atoms with Crippen molar-refractivity contribution in [3.8, 4) is 0 Å². The van der Waals surface area contributed by atoms with Gasteiger partial charge in [0.1, 0.15) is 0 Å². The summed E-state index contributed by atoms with van der Waals surface area (Å²) in [7, 11) is 1.84. The number of benzene rings is 1. The highest BCUT2D eigenvalue weighted by Crippen LogP contribution is 2.33. The summed E-state index contributed by atoms with van der Waals surface area (Å²) in [6, 6.07) is 5.79. The molecule has 0 spiro atoms. The van der Waals surface area contributed by atoms with E-state index < -0.39 is 0 Å². The van der Waals surface area contributed by atoms with E-state index in [1.165, 1.54) is 0 Å². The fourth-order valence-corrected chi connectivity index (χ4v) is 3.31. The number of hydrogen-bond donors (Lipinski definition) is 1. The fourth-order valence-electron chi connectivity index (χ4n) is 3.14. The molecule has 2 aromatic rings. The maximum Gasteiger partial charge on any atom is 0.232 e. The summed E-state index contributed by atoms with van der Waals surface area (Å²) in [5.41, 5.74) is 1.63. The molecular formula is C16H17ClN4O2. The van der Waals surface area contributed by atoms with E-state index in [0.29, 0.717) is 23.6 Å². The molecule has 1 saturated carbocycles. The highest BCUT2D eigenvalue weighted by molar-refractivity contribution is 6.31. The number of imidazole rings is 1. The molecule has 1 N–H and O–H groups in total. The van der Waals surface area contributed by atoms with Crippen molar-refractivity contribution < 1.29 is 9.59 Å². The smallest absolute Gasteiger partial charge is 0.232 e. The van der Waals surface area contributed by atoms with Crippen LogP contribution in [0.15, 0.2) is 18.2 Å². The summed E-state index contributed by atoms with van der Waals surface area (Å²) in [5, 5.41) is 3.46. The Balaban J connectivity index is 1.52. The van der Waals surface area contributed by atoms with Crippen molar-refractivity contribution in [2.24, 2.45) is 13.0 Å². The number of carbonyl (C=O) groups is 2.